The SMILES string of the molecule is CCc1cccc(C)c1NC(=O)C(C)OC(=O)CNC(=O)c1ccccc1. The highest BCUT2D eigenvalue weighted by Gasteiger charge is 2.20. The molecule has 0 saturated heterocycles. The Hall–Kier alpha value is -3.15. The van der Waals surface area contributed by atoms with Gasteiger partial charge in [0.25, 0.3) is 11.8 Å². The molecule has 2 aromatic carbocycles. The van der Waals surface area contributed by atoms with Crippen LogP contribution in [-0.2, 0) is 20.7 Å². The lowest BCUT2D eigenvalue weighted by molar-refractivity contribution is -0.152. The fourth-order valence-electron chi connectivity index (χ4n) is 2.56. The molecule has 1 unspecified atom stereocenters. The van der Waals surface area contributed by atoms with E-state index in [1.807, 2.05) is 32.0 Å². The van der Waals surface area contributed by atoms with E-state index in [-0.39, 0.29) is 12.5 Å². The molecular weight excluding hydrogens is 344 g/mol. The van der Waals surface area contributed by atoms with E-state index in [1.54, 1.807) is 30.3 Å². The number of aryl methyl sites for hydroxylation is 2. The highest BCUT2D eigenvalue weighted by atomic mass is 16.5. The Labute approximate surface area is 158 Å². The molecule has 0 fully saturated rings. The lowest BCUT2D eigenvalue weighted by Crippen LogP contribution is -2.36. The number of para-hydroxylation sites is 1. The molecule has 0 aliphatic carbocycles. The molecule has 1 atom stereocenters. The summed E-state index contributed by atoms with van der Waals surface area (Å²) in [4.78, 5) is 36.2. The van der Waals surface area contributed by atoms with Crippen LogP contribution in [0.3, 0.4) is 0 Å². The van der Waals surface area contributed by atoms with Gasteiger partial charge in [-0.1, -0.05) is 43.3 Å². The second-order valence-electron chi connectivity index (χ2n) is 6.13. The van der Waals surface area contributed by atoms with Crippen molar-refractivity contribution in [3.05, 3.63) is 65.2 Å². The lowest BCUT2D eigenvalue weighted by atomic mass is 10.1. The van der Waals surface area contributed by atoms with Crippen molar-refractivity contribution in [2.45, 2.75) is 33.3 Å². The first-order chi connectivity index (χ1) is 12.9. The van der Waals surface area contributed by atoms with Crippen LogP contribution in [0.2, 0.25) is 0 Å². The van der Waals surface area contributed by atoms with E-state index in [4.69, 9.17) is 4.74 Å². The van der Waals surface area contributed by atoms with Gasteiger partial charge in [0.1, 0.15) is 6.54 Å². The van der Waals surface area contributed by atoms with Crippen LogP contribution in [-0.4, -0.2) is 30.4 Å². The van der Waals surface area contributed by atoms with Crippen LogP contribution in [0.15, 0.2) is 48.5 Å². The summed E-state index contributed by atoms with van der Waals surface area (Å²) < 4.78 is 5.12. The molecule has 0 saturated carbocycles. The zero-order valence-corrected chi connectivity index (χ0v) is 15.7. The van der Waals surface area contributed by atoms with Crippen molar-refractivity contribution in [2.24, 2.45) is 0 Å². The zero-order chi connectivity index (χ0) is 19.8. The Morgan fingerprint density at radius 2 is 1.74 bits per heavy atom. The summed E-state index contributed by atoms with van der Waals surface area (Å²) in [5.41, 5.74) is 3.14. The van der Waals surface area contributed by atoms with Crippen molar-refractivity contribution in [1.82, 2.24) is 5.32 Å². The van der Waals surface area contributed by atoms with Gasteiger partial charge in [0.15, 0.2) is 6.10 Å². The molecule has 0 heterocycles. The van der Waals surface area contributed by atoms with Crippen LogP contribution < -0.4 is 10.6 Å². The number of rotatable bonds is 7. The molecule has 2 amide bonds. The second-order valence-corrected chi connectivity index (χ2v) is 6.13. The Kier molecular flexibility index (Phi) is 7.11. The van der Waals surface area contributed by atoms with Gasteiger partial charge < -0.3 is 15.4 Å². The molecule has 2 rings (SSSR count). The predicted molar refractivity (Wildman–Crippen MR) is 104 cm³/mol. The van der Waals surface area contributed by atoms with E-state index in [1.165, 1.54) is 6.92 Å². The quantitative estimate of drug-likeness (QED) is 0.736. The number of ether oxygens (including phenoxy) is 1. The van der Waals surface area contributed by atoms with Crippen molar-refractivity contribution < 1.29 is 19.1 Å². The minimum atomic E-state index is -0.976. The lowest BCUT2D eigenvalue weighted by Gasteiger charge is -2.17. The van der Waals surface area contributed by atoms with Gasteiger partial charge >= 0.3 is 5.97 Å². The maximum atomic E-state index is 12.4. The number of carbonyl (C=O) groups excluding carboxylic acids is 3. The third-order valence-corrected chi connectivity index (χ3v) is 4.09. The Morgan fingerprint density at radius 3 is 2.41 bits per heavy atom. The first-order valence-corrected chi connectivity index (χ1v) is 8.84. The summed E-state index contributed by atoms with van der Waals surface area (Å²) in [6.45, 7) is 5.10. The summed E-state index contributed by atoms with van der Waals surface area (Å²) >= 11 is 0. The first-order valence-electron chi connectivity index (χ1n) is 8.84. The third kappa shape index (κ3) is 5.67. The van der Waals surface area contributed by atoms with E-state index in [9.17, 15) is 14.4 Å². The number of nitrogens with one attached hydrogen (secondary N) is 2. The number of amides is 2. The average molecular weight is 368 g/mol. The summed E-state index contributed by atoms with van der Waals surface area (Å²) in [6.07, 6.45) is -0.202. The van der Waals surface area contributed by atoms with Crippen molar-refractivity contribution in [2.75, 3.05) is 11.9 Å². The smallest absolute Gasteiger partial charge is 0.326 e. The van der Waals surface area contributed by atoms with Gasteiger partial charge in [-0.25, -0.2) is 0 Å². The number of hydrogen-bond donors (Lipinski definition) is 2. The molecule has 142 valence electrons. The van der Waals surface area contributed by atoms with Crippen LogP contribution in [0.4, 0.5) is 5.69 Å². The van der Waals surface area contributed by atoms with Gasteiger partial charge in [-0.2, -0.15) is 0 Å². The maximum absolute atomic E-state index is 12.4. The summed E-state index contributed by atoms with van der Waals surface area (Å²) in [5.74, 6) is -1.47. The van der Waals surface area contributed by atoms with Crippen LogP contribution in [0.25, 0.3) is 0 Å². The molecule has 0 aliphatic rings. The third-order valence-electron chi connectivity index (χ3n) is 4.09. The van der Waals surface area contributed by atoms with Crippen molar-refractivity contribution in [1.29, 1.82) is 0 Å². The van der Waals surface area contributed by atoms with Crippen LogP contribution in [0.1, 0.15) is 35.3 Å². The monoisotopic (exact) mass is 368 g/mol. The fourth-order valence-corrected chi connectivity index (χ4v) is 2.56. The molecule has 0 aliphatic heterocycles. The summed E-state index contributed by atoms with van der Waals surface area (Å²) in [6, 6.07) is 14.3. The van der Waals surface area contributed by atoms with Crippen molar-refractivity contribution in [3.63, 3.8) is 0 Å². The van der Waals surface area contributed by atoms with Gasteiger partial charge in [0.2, 0.25) is 0 Å². The number of benzene rings is 2. The van der Waals surface area contributed by atoms with E-state index < -0.39 is 18.0 Å². The Morgan fingerprint density at radius 1 is 1.04 bits per heavy atom. The zero-order valence-electron chi connectivity index (χ0n) is 15.7. The number of carbonyl (C=O) groups is 3. The van der Waals surface area contributed by atoms with Crippen LogP contribution in [0, 0.1) is 6.92 Å². The highest BCUT2D eigenvalue weighted by molar-refractivity contribution is 5.98. The molecule has 2 aromatic rings. The molecule has 0 radical (unpaired) electrons. The fraction of sp³-hybridized carbons (Fsp3) is 0.286. The highest BCUT2D eigenvalue weighted by Crippen LogP contribution is 2.21. The van der Waals surface area contributed by atoms with Crippen LogP contribution in [0.5, 0.6) is 0 Å². The molecular formula is C21H24N2O4. The normalized spacial score (nSPS) is 11.4. The summed E-state index contributed by atoms with van der Waals surface area (Å²) in [7, 11) is 0. The number of hydrogen-bond acceptors (Lipinski definition) is 4. The van der Waals surface area contributed by atoms with Gasteiger partial charge in [-0.3, -0.25) is 14.4 Å². The molecule has 6 heteroatoms. The predicted octanol–water partition coefficient (Wildman–Crippen LogP) is 2.86. The van der Waals surface area contributed by atoms with E-state index >= 15 is 0 Å². The first kappa shape index (κ1) is 20.2. The van der Waals surface area contributed by atoms with Crippen molar-refractivity contribution in [3.8, 4) is 0 Å². The Balaban J connectivity index is 1.87. The van der Waals surface area contributed by atoms with E-state index in [2.05, 4.69) is 10.6 Å². The molecule has 0 bridgehead atoms. The molecule has 2 N–H and O–H groups in total. The number of anilines is 1. The molecule has 6 nitrogen and oxygen atoms in total. The minimum Gasteiger partial charge on any atom is -0.451 e. The maximum Gasteiger partial charge on any atom is 0.326 e. The standard InChI is InChI=1S/C21H24N2O4/c1-4-16-12-8-9-14(2)19(16)23-20(25)15(3)27-18(24)13-22-21(26)17-10-6-5-7-11-17/h5-12,15H,4,13H2,1-3H3,(H,22,26)(H,23,25). The molecule has 0 aromatic heterocycles. The van der Waals surface area contributed by atoms with E-state index in [0.29, 0.717) is 5.56 Å². The van der Waals surface area contributed by atoms with Gasteiger partial charge in [-0.05, 0) is 43.5 Å². The van der Waals surface area contributed by atoms with E-state index in [0.717, 1.165) is 23.2 Å². The average Bonchev–Trinajstić information content (AvgIpc) is 2.68. The second kappa shape index (κ2) is 9.52. The topological polar surface area (TPSA) is 84.5 Å². The largest absolute Gasteiger partial charge is 0.451 e. The Bertz CT molecular complexity index is 818. The van der Waals surface area contributed by atoms with Gasteiger partial charge in [0.05, 0.1) is 0 Å². The van der Waals surface area contributed by atoms with Crippen LogP contribution >= 0.6 is 0 Å². The summed E-state index contributed by atoms with van der Waals surface area (Å²) in [5, 5.41) is 5.30. The molecule has 0 spiro atoms. The van der Waals surface area contributed by atoms with Gasteiger partial charge in [-0.15, -0.1) is 0 Å². The minimum absolute atomic E-state index is 0.310. The number of esters is 1. The van der Waals surface area contributed by atoms with Gasteiger partial charge in [0, 0.05) is 11.3 Å². The van der Waals surface area contributed by atoms with Crippen molar-refractivity contribution >= 4 is 23.5 Å². The molecule has 27 heavy (non-hydrogen) atoms.